The third-order valence-corrected chi connectivity index (χ3v) is 16.2. The number of carbonyl (C=O) groups is 8. The van der Waals surface area contributed by atoms with Crippen LogP contribution >= 0.6 is 34.8 Å². The highest BCUT2D eigenvalue weighted by atomic mass is 35.5. The molecule has 10 atom stereocenters. The Morgan fingerprint density at radius 3 is 1.59 bits per heavy atom. The predicted octanol–water partition coefficient (Wildman–Crippen LogP) is 8.66. The number of alkyl carbamates (subject to hydrolysis) is 2. The summed E-state index contributed by atoms with van der Waals surface area (Å²) >= 11 is 17.3. The number of nitrogens with one attached hydrogen (secondary N) is 4. The van der Waals surface area contributed by atoms with Crippen LogP contribution in [0.4, 0.5) is 9.59 Å². The number of carboxylic acid groups (broad SMARTS) is 2. The minimum Gasteiger partial charge on any atom is -0.479 e. The Balaban J connectivity index is 0.000000196. The molecule has 4 fully saturated rings. The Bertz CT molecular complexity index is 3280. The largest absolute Gasteiger partial charge is 0.479 e. The number of halogens is 3. The van der Waals surface area contributed by atoms with Crippen LogP contribution in [0.5, 0.6) is 6.08 Å². The molecule has 6 aliphatic rings. The molecule has 10 rings (SSSR count). The highest BCUT2D eigenvalue weighted by Crippen LogP contribution is 2.47. The van der Waals surface area contributed by atoms with Crippen LogP contribution in [-0.4, -0.2) is 155 Å². The normalized spacial score (nSPS) is 28.6. The van der Waals surface area contributed by atoms with Gasteiger partial charge in [-0.3, -0.25) is 19.2 Å². The van der Waals surface area contributed by atoms with Gasteiger partial charge in [0.25, 0.3) is 5.35 Å². The second kappa shape index (κ2) is 27.5. The summed E-state index contributed by atoms with van der Waals surface area (Å²) < 4.78 is 27.4. The fourth-order valence-corrected chi connectivity index (χ4v) is 11.6. The van der Waals surface area contributed by atoms with Crippen molar-refractivity contribution >= 4 is 105 Å². The van der Waals surface area contributed by atoms with Gasteiger partial charge in [-0.25, -0.2) is 19.2 Å². The molecule has 27 heteroatoms. The van der Waals surface area contributed by atoms with Gasteiger partial charge in [-0.1, -0.05) is 73.2 Å². The molecule has 0 unspecified atom stereocenters. The molecule has 2 aromatic carbocycles. The van der Waals surface area contributed by atoms with E-state index in [1.165, 1.54) is 9.80 Å². The number of ether oxygens (including phenoxy) is 3. The monoisotopic (exact) mass is 1270 g/mol. The molecule has 4 aromatic rings. The van der Waals surface area contributed by atoms with Gasteiger partial charge >= 0.3 is 30.2 Å². The number of carboxylic acids is 2. The number of amides is 6. The summed E-state index contributed by atoms with van der Waals surface area (Å²) in [7, 11) is 0. The van der Waals surface area contributed by atoms with Gasteiger partial charge < -0.3 is 69.4 Å². The van der Waals surface area contributed by atoms with Crippen molar-refractivity contribution in [3.63, 3.8) is 0 Å². The van der Waals surface area contributed by atoms with Gasteiger partial charge in [0.15, 0.2) is 11.2 Å². The predicted molar refractivity (Wildman–Crippen MR) is 318 cm³/mol. The lowest BCUT2D eigenvalue weighted by Crippen LogP contribution is -2.56. The first-order valence-corrected chi connectivity index (χ1v) is 30.3. The first kappa shape index (κ1) is 65.8. The molecule has 472 valence electrons. The maximum Gasteiger partial charge on any atom is 0.408 e. The maximum absolute atomic E-state index is 14.0. The number of oxazole rings is 2. The van der Waals surface area contributed by atoms with E-state index < -0.39 is 106 Å². The number of allylic oxidation sites excluding steroid dienone is 2. The molecule has 0 spiro atoms. The van der Waals surface area contributed by atoms with Crippen LogP contribution in [0, 0.1) is 11.8 Å². The molecule has 4 aliphatic heterocycles. The number of rotatable bonds is 6. The first-order valence-electron chi connectivity index (χ1n) is 29.2. The summed E-state index contributed by atoms with van der Waals surface area (Å²) in [6.45, 7) is 10.3. The van der Waals surface area contributed by atoms with E-state index in [-0.39, 0.29) is 62.0 Å². The van der Waals surface area contributed by atoms with Crippen molar-refractivity contribution in [3.8, 4) is 6.08 Å². The number of hydrogen-bond acceptors (Lipinski definition) is 16. The Hall–Kier alpha value is -7.15. The molecule has 6 heterocycles. The van der Waals surface area contributed by atoms with Gasteiger partial charge in [0.05, 0.1) is 12.6 Å². The van der Waals surface area contributed by atoms with E-state index in [4.69, 9.17) is 57.8 Å². The van der Waals surface area contributed by atoms with Crippen molar-refractivity contribution in [3.05, 3.63) is 76.1 Å². The van der Waals surface area contributed by atoms with Crippen molar-refractivity contribution < 1.29 is 76.7 Å². The number of aliphatic hydroxyl groups is 1. The number of nitrogens with zero attached hydrogens (tertiary/aromatic N) is 4. The van der Waals surface area contributed by atoms with E-state index >= 15 is 0 Å². The van der Waals surface area contributed by atoms with Crippen LogP contribution in [0.25, 0.3) is 22.2 Å². The molecule has 24 nitrogen and oxygen atoms in total. The molecule has 2 saturated carbocycles. The summed E-state index contributed by atoms with van der Waals surface area (Å²) in [4.78, 5) is 114. The highest BCUT2D eigenvalue weighted by molar-refractivity contribution is 6.31. The quantitative estimate of drug-likeness (QED) is 0.0888. The molecule has 2 aliphatic carbocycles. The molecule has 0 radical (unpaired) electrons. The van der Waals surface area contributed by atoms with Crippen LogP contribution in [-0.2, 0) is 38.2 Å². The summed E-state index contributed by atoms with van der Waals surface area (Å²) in [5, 5.41) is 41.9. The van der Waals surface area contributed by atoms with Crippen molar-refractivity contribution in [1.29, 1.82) is 0 Å². The summed E-state index contributed by atoms with van der Waals surface area (Å²) in [6, 6.07) is 6.17. The van der Waals surface area contributed by atoms with Crippen molar-refractivity contribution in [2.75, 3.05) is 13.1 Å². The molecular weight excluding hydrogens is 1200 g/mol. The van der Waals surface area contributed by atoms with Gasteiger partial charge in [0.1, 0.15) is 63.6 Å². The van der Waals surface area contributed by atoms with Crippen LogP contribution in [0.15, 0.2) is 69.5 Å². The molecule has 2 saturated heterocycles. The van der Waals surface area contributed by atoms with Gasteiger partial charge in [-0.2, -0.15) is 9.97 Å². The SMILES string of the molecule is CC(C)(C)OC(=O)N[C@H]1CCCCC/C=C\[C@@H]2C[C@@]2(C(=O)O)NC(=O)[C@@H]2C[C@@H](O)CN2C1=O.CC(C)(C)OC(=O)N[C@H]1CCCCC/C=C\[C@@H]2C[C@@]2(C(=O)O)NC(=O)[C@@H]2C[C@@H](Oc3nc4cc(Cl)ccc4o3)CN2C1=O.Clc1ccc2oc(Cl)nc2c1. The third-order valence-electron chi connectivity index (χ3n) is 15.6. The van der Waals surface area contributed by atoms with E-state index in [1.807, 2.05) is 24.3 Å². The lowest BCUT2D eigenvalue weighted by molar-refractivity contribution is -0.146. The summed E-state index contributed by atoms with van der Waals surface area (Å²) in [6.07, 6.45) is 11.9. The second-order valence-electron chi connectivity index (χ2n) is 24.7. The summed E-state index contributed by atoms with van der Waals surface area (Å²) in [5.41, 5.74) is -2.05. The van der Waals surface area contributed by atoms with E-state index in [1.54, 1.807) is 77.9 Å². The topological polar surface area (TPSA) is 332 Å². The zero-order valence-corrected chi connectivity index (χ0v) is 51.5. The van der Waals surface area contributed by atoms with Crippen LogP contribution in [0.3, 0.4) is 0 Å². The van der Waals surface area contributed by atoms with E-state index in [2.05, 4.69) is 31.2 Å². The Morgan fingerprint density at radius 2 is 1.10 bits per heavy atom. The number of aliphatic carboxylic acids is 2. The summed E-state index contributed by atoms with van der Waals surface area (Å²) in [5.74, 6) is -5.06. The average molecular weight is 1270 g/mol. The Kier molecular flexibility index (Phi) is 20.8. The smallest absolute Gasteiger partial charge is 0.408 e. The molecule has 7 N–H and O–H groups in total. The Labute approximate surface area is 517 Å². The number of fused-ring (bicyclic) bond motifs is 6. The lowest BCUT2D eigenvalue weighted by atomic mass is 10.0. The van der Waals surface area contributed by atoms with Gasteiger partial charge in [-0.05, 0) is 141 Å². The van der Waals surface area contributed by atoms with Crippen LogP contribution in [0.2, 0.25) is 15.4 Å². The van der Waals surface area contributed by atoms with E-state index in [0.29, 0.717) is 57.9 Å². The zero-order valence-electron chi connectivity index (χ0n) is 49.3. The number of benzene rings is 2. The van der Waals surface area contributed by atoms with E-state index in [0.717, 1.165) is 38.5 Å². The van der Waals surface area contributed by atoms with Gasteiger partial charge in [0.2, 0.25) is 23.6 Å². The Morgan fingerprint density at radius 1 is 0.644 bits per heavy atom. The van der Waals surface area contributed by atoms with Crippen molar-refractivity contribution in [2.24, 2.45) is 11.8 Å². The average Bonchev–Trinajstić information content (AvgIpc) is 1.65. The van der Waals surface area contributed by atoms with E-state index in [9.17, 15) is 53.7 Å². The number of aromatic nitrogens is 2. The highest BCUT2D eigenvalue weighted by Gasteiger charge is 2.63. The van der Waals surface area contributed by atoms with Gasteiger partial charge in [-0.15, -0.1) is 0 Å². The second-order valence-corrected chi connectivity index (χ2v) is 25.9. The first-order chi connectivity index (χ1) is 41.0. The fourth-order valence-electron chi connectivity index (χ4n) is 11.1. The standard InChI is InChI=1S/C30H37ClN4O8.C23H35N3O7.C7H3Cl2NO/c1-29(2,3)43-27(40)32-20-10-8-6-4-5-7-9-17-15-30(17,26(38)39)34-24(36)22-14-19(16-35(22)25(20)37)41-28-33-21-13-18(31)11-12-23(21)42-28;1-22(2,3)33-21(32)24-16-10-8-6-4-5-7-9-14-12-23(14,20(30)31)25-18(28)17-11-15(27)13-26(17)19(16)29;8-4-1-2-6-5(3-4)10-7(9)11-6/h7,9,11-13,17,19-20,22H,4-6,8,10,14-16H2,1-3H3,(H,32,40)(H,34,36)(H,38,39);7,9,14-17,27H,4-6,8,10-13H2,1-3H3,(H,24,32)(H,25,28)(H,30,31);1-3H/b2*9-7-;/t17-,19-,20+,22+,30-;14-,15-,16+,17+,23-;/m11./s1. The zero-order chi connectivity index (χ0) is 63.2. The third kappa shape index (κ3) is 17.1. The molecule has 6 amide bonds. The fraction of sp³-hybridized carbons (Fsp3) is 0.567. The minimum atomic E-state index is -1.44. The van der Waals surface area contributed by atoms with Gasteiger partial charge in [0, 0.05) is 41.3 Å². The lowest BCUT2D eigenvalue weighted by Gasteiger charge is -2.30. The number of aliphatic hydroxyl groups excluding tert-OH is 1. The number of hydrogen-bond donors (Lipinski definition) is 7. The van der Waals surface area contributed by atoms with Crippen LogP contribution < -0.4 is 26.0 Å². The molecule has 87 heavy (non-hydrogen) atoms. The van der Waals surface area contributed by atoms with Crippen LogP contribution in [0.1, 0.15) is 131 Å². The number of carbonyl (C=O) groups excluding carboxylic acids is 6. The maximum atomic E-state index is 14.0. The minimum absolute atomic E-state index is 0.00688. The van der Waals surface area contributed by atoms with Crippen molar-refractivity contribution in [1.82, 2.24) is 41.0 Å². The molecule has 0 bridgehead atoms. The molecule has 2 aromatic heterocycles. The van der Waals surface area contributed by atoms with Crippen molar-refractivity contribution in [2.45, 2.75) is 190 Å². The molecular formula is C60H75Cl3N8O16.